The normalized spacial score (nSPS) is 16.2. The van der Waals surface area contributed by atoms with E-state index in [1.165, 1.54) is 42.7 Å². The van der Waals surface area contributed by atoms with Crippen LogP contribution in [0.2, 0.25) is 0 Å². The number of benzene rings is 2. The van der Waals surface area contributed by atoms with Crippen LogP contribution in [-0.2, 0) is 0 Å². The van der Waals surface area contributed by atoms with Crippen molar-refractivity contribution in [3.63, 3.8) is 0 Å². The van der Waals surface area contributed by atoms with Crippen LogP contribution in [0.1, 0.15) is 25.7 Å². The molecule has 1 saturated carbocycles. The summed E-state index contributed by atoms with van der Waals surface area (Å²) in [6, 6.07) is 6.05. The minimum atomic E-state index is -0.320. The molecule has 2 unspecified atom stereocenters. The van der Waals surface area contributed by atoms with Crippen molar-refractivity contribution in [3.8, 4) is 34.5 Å². The van der Waals surface area contributed by atoms with E-state index >= 15 is 0 Å². The number of anilines is 2. The molecule has 0 spiro atoms. The number of hydrogen-bond acceptors (Lipinski definition) is 8. The average Bonchev–Trinajstić information content (AvgIpc) is 2.98. The van der Waals surface area contributed by atoms with E-state index in [2.05, 4.69) is 21.3 Å². The van der Waals surface area contributed by atoms with E-state index in [4.69, 9.17) is 28.4 Å². The maximum absolute atomic E-state index is 12.6. The van der Waals surface area contributed by atoms with Gasteiger partial charge in [-0.15, -0.1) is 0 Å². The Morgan fingerprint density at radius 1 is 0.625 bits per heavy atom. The molecule has 0 radical (unpaired) electrons. The number of hydrogen-bond donors (Lipinski definition) is 4. The number of urea groups is 2. The topological polar surface area (TPSA) is 138 Å². The number of ether oxygens (including phenoxy) is 6. The summed E-state index contributed by atoms with van der Waals surface area (Å²) in [5.41, 5.74) is 1.05. The highest BCUT2D eigenvalue weighted by Gasteiger charge is 2.23. The van der Waals surface area contributed by atoms with Gasteiger partial charge in [0.1, 0.15) is 0 Å². The summed E-state index contributed by atoms with van der Waals surface area (Å²) in [5, 5.41) is 11.6. The first-order valence-corrected chi connectivity index (χ1v) is 13.0. The molecule has 3 rings (SSSR count). The predicted molar refractivity (Wildman–Crippen MR) is 152 cm³/mol. The highest BCUT2D eigenvalue weighted by Crippen LogP contribution is 2.41. The van der Waals surface area contributed by atoms with Crippen LogP contribution in [0.3, 0.4) is 0 Å². The van der Waals surface area contributed by atoms with E-state index in [0.29, 0.717) is 70.8 Å². The van der Waals surface area contributed by atoms with Crippen LogP contribution >= 0.6 is 0 Å². The minimum absolute atomic E-state index is 0.310. The van der Waals surface area contributed by atoms with Gasteiger partial charge in [-0.1, -0.05) is 6.42 Å². The highest BCUT2D eigenvalue weighted by atomic mass is 16.5. The summed E-state index contributed by atoms with van der Waals surface area (Å²) in [5.74, 6) is 3.34. The Balaban J connectivity index is 1.47. The van der Waals surface area contributed by atoms with E-state index in [9.17, 15) is 9.59 Å². The zero-order valence-corrected chi connectivity index (χ0v) is 24.0. The van der Waals surface area contributed by atoms with Gasteiger partial charge in [0.15, 0.2) is 23.0 Å². The summed E-state index contributed by atoms with van der Waals surface area (Å²) in [6.45, 7) is 1.06. The second-order valence-electron chi connectivity index (χ2n) is 9.40. The Hall–Kier alpha value is -4.22. The summed E-state index contributed by atoms with van der Waals surface area (Å²) < 4.78 is 32.0. The lowest BCUT2D eigenvalue weighted by molar-refractivity contribution is 0.230. The van der Waals surface area contributed by atoms with Gasteiger partial charge in [0, 0.05) is 37.4 Å². The largest absolute Gasteiger partial charge is 0.493 e. The van der Waals surface area contributed by atoms with Gasteiger partial charge in [-0.3, -0.25) is 0 Å². The molecule has 2 aromatic rings. The number of methoxy groups -OCH3 is 6. The molecule has 2 aromatic carbocycles. The second-order valence-corrected chi connectivity index (χ2v) is 9.40. The highest BCUT2D eigenvalue weighted by molar-refractivity contribution is 5.91. The van der Waals surface area contributed by atoms with Crippen molar-refractivity contribution < 1.29 is 38.0 Å². The Morgan fingerprint density at radius 3 is 1.27 bits per heavy atom. The van der Waals surface area contributed by atoms with Gasteiger partial charge in [-0.25, -0.2) is 9.59 Å². The molecular formula is C28H40N4O8. The van der Waals surface area contributed by atoms with Gasteiger partial charge in [0.05, 0.1) is 54.0 Å². The number of amides is 4. The van der Waals surface area contributed by atoms with Crippen LogP contribution in [0, 0.1) is 11.8 Å². The number of nitrogens with one attached hydrogen (secondary N) is 4. The Kier molecular flexibility index (Phi) is 11.2. The first-order chi connectivity index (χ1) is 19.3. The monoisotopic (exact) mass is 560 g/mol. The SMILES string of the molecule is COc1cc(NC(=O)NCC2CCCC(CNC(=O)Nc3cc(OC)c(OC)c(OC)c3)C2)cc(OC)c1OC. The molecule has 4 amide bonds. The van der Waals surface area contributed by atoms with Crippen LogP contribution in [0.5, 0.6) is 34.5 Å². The maximum Gasteiger partial charge on any atom is 0.319 e. The average molecular weight is 561 g/mol. The molecule has 12 nitrogen and oxygen atoms in total. The third kappa shape index (κ3) is 7.90. The van der Waals surface area contributed by atoms with Crippen LogP contribution < -0.4 is 49.7 Å². The number of rotatable bonds is 12. The molecule has 4 N–H and O–H groups in total. The van der Waals surface area contributed by atoms with Gasteiger partial charge in [0.25, 0.3) is 0 Å². The molecule has 0 bridgehead atoms. The van der Waals surface area contributed by atoms with E-state index < -0.39 is 0 Å². The van der Waals surface area contributed by atoms with Gasteiger partial charge in [-0.05, 0) is 31.1 Å². The van der Waals surface area contributed by atoms with Gasteiger partial charge in [-0.2, -0.15) is 0 Å². The van der Waals surface area contributed by atoms with Crippen molar-refractivity contribution in [1.82, 2.24) is 10.6 Å². The fourth-order valence-electron chi connectivity index (χ4n) is 4.90. The molecule has 0 heterocycles. The van der Waals surface area contributed by atoms with Crippen molar-refractivity contribution in [2.45, 2.75) is 25.7 Å². The summed E-state index contributed by atoms with van der Waals surface area (Å²) in [6.07, 6.45) is 3.95. The van der Waals surface area contributed by atoms with E-state index in [0.717, 1.165) is 25.7 Å². The van der Waals surface area contributed by atoms with Gasteiger partial charge < -0.3 is 49.7 Å². The molecule has 12 heteroatoms. The first kappa shape index (κ1) is 30.3. The molecule has 1 fully saturated rings. The van der Waals surface area contributed by atoms with E-state index in [-0.39, 0.29) is 12.1 Å². The quantitative estimate of drug-likeness (QED) is 0.298. The number of carbonyl (C=O) groups is 2. The van der Waals surface area contributed by atoms with Crippen molar-refractivity contribution in [3.05, 3.63) is 24.3 Å². The van der Waals surface area contributed by atoms with Crippen molar-refractivity contribution in [1.29, 1.82) is 0 Å². The standard InChI is InChI=1S/C28H40N4O8/c1-35-21-11-19(12-22(36-2)25(21)39-5)31-27(33)29-15-17-8-7-9-18(10-17)16-30-28(34)32-20-13-23(37-3)26(40-6)24(14-20)38-4/h11-14,17-18H,7-10,15-16H2,1-6H3,(H2,29,31,33)(H2,30,32,34). The predicted octanol–water partition coefficient (Wildman–Crippen LogP) is 4.49. The van der Waals surface area contributed by atoms with Crippen LogP contribution in [0.25, 0.3) is 0 Å². The molecular weight excluding hydrogens is 520 g/mol. The minimum Gasteiger partial charge on any atom is -0.493 e. The third-order valence-electron chi connectivity index (χ3n) is 6.84. The zero-order valence-electron chi connectivity index (χ0n) is 24.0. The molecule has 0 saturated heterocycles. The van der Waals surface area contributed by atoms with Crippen molar-refractivity contribution in [2.75, 3.05) is 66.4 Å². The lowest BCUT2D eigenvalue weighted by atomic mass is 9.81. The lowest BCUT2D eigenvalue weighted by Gasteiger charge is -2.29. The Bertz CT molecular complexity index is 1020. The Labute approximate surface area is 235 Å². The Morgan fingerprint density at radius 2 is 0.975 bits per heavy atom. The van der Waals surface area contributed by atoms with Crippen molar-refractivity contribution in [2.24, 2.45) is 11.8 Å². The zero-order chi connectivity index (χ0) is 29.1. The van der Waals surface area contributed by atoms with Gasteiger partial charge >= 0.3 is 12.1 Å². The fourth-order valence-corrected chi connectivity index (χ4v) is 4.90. The summed E-state index contributed by atoms with van der Waals surface area (Å²) in [7, 11) is 9.13. The molecule has 40 heavy (non-hydrogen) atoms. The van der Waals surface area contributed by atoms with Crippen LogP contribution in [-0.4, -0.2) is 67.8 Å². The van der Waals surface area contributed by atoms with Crippen LogP contribution in [0.4, 0.5) is 21.0 Å². The molecule has 0 aromatic heterocycles. The fraction of sp³-hybridized carbons (Fsp3) is 0.500. The van der Waals surface area contributed by atoms with E-state index in [1.54, 1.807) is 24.3 Å². The molecule has 1 aliphatic carbocycles. The summed E-state index contributed by atoms with van der Waals surface area (Å²) in [4.78, 5) is 25.2. The van der Waals surface area contributed by atoms with Crippen LogP contribution in [0.15, 0.2) is 24.3 Å². The van der Waals surface area contributed by atoms with Gasteiger partial charge in [0.2, 0.25) is 11.5 Å². The summed E-state index contributed by atoms with van der Waals surface area (Å²) >= 11 is 0. The number of carbonyl (C=O) groups excluding carboxylic acids is 2. The maximum atomic E-state index is 12.6. The molecule has 2 atom stereocenters. The molecule has 1 aliphatic rings. The molecule has 220 valence electrons. The lowest BCUT2D eigenvalue weighted by Crippen LogP contribution is -2.38. The first-order valence-electron chi connectivity index (χ1n) is 13.0. The second kappa shape index (κ2) is 14.8. The smallest absolute Gasteiger partial charge is 0.319 e. The molecule has 0 aliphatic heterocycles. The van der Waals surface area contributed by atoms with Crippen molar-refractivity contribution >= 4 is 23.4 Å². The third-order valence-corrected chi connectivity index (χ3v) is 6.84. The van der Waals surface area contributed by atoms with E-state index in [1.807, 2.05) is 0 Å².